The molecule has 0 aliphatic carbocycles. The third kappa shape index (κ3) is 2.56. The molecule has 1 aliphatic heterocycles. The first-order chi connectivity index (χ1) is 6.13. The molecule has 13 heavy (non-hydrogen) atoms. The number of carbonyl (C=O) groups is 1. The minimum atomic E-state index is -0.508. The third-order valence-corrected chi connectivity index (χ3v) is 1.72. The summed E-state index contributed by atoms with van der Waals surface area (Å²) in [6, 6.07) is 0. The first-order valence-electron chi connectivity index (χ1n) is 3.94. The molecule has 0 aromatic heterocycles. The Morgan fingerprint density at radius 3 is 2.85 bits per heavy atom. The molecule has 0 bridgehead atoms. The van der Waals surface area contributed by atoms with Gasteiger partial charge in [-0.2, -0.15) is 0 Å². The first kappa shape index (κ1) is 9.74. The Morgan fingerprint density at radius 1 is 1.69 bits per heavy atom. The monoisotopic (exact) mass is 180 g/mol. The standard InChI is InChI=1S/C10H12O3/c1-4-10(11)13-8(3)9-5-7(2)6-12-9/h4,9H,1-3,5-6H2. The van der Waals surface area contributed by atoms with Gasteiger partial charge in [-0.3, -0.25) is 0 Å². The predicted octanol–water partition coefficient (Wildman–Crippen LogP) is 1.57. The van der Waals surface area contributed by atoms with E-state index in [1.54, 1.807) is 0 Å². The molecule has 1 aliphatic rings. The normalized spacial score (nSPS) is 21.2. The fourth-order valence-corrected chi connectivity index (χ4v) is 1.04. The lowest BCUT2D eigenvalue weighted by Gasteiger charge is -2.10. The van der Waals surface area contributed by atoms with E-state index in [1.165, 1.54) is 0 Å². The van der Waals surface area contributed by atoms with Crippen LogP contribution in [0.4, 0.5) is 0 Å². The zero-order valence-electron chi connectivity index (χ0n) is 7.41. The van der Waals surface area contributed by atoms with Crippen LogP contribution >= 0.6 is 0 Å². The average Bonchev–Trinajstić information content (AvgIpc) is 2.51. The molecule has 1 rings (SSSR count). The SMILES string of the molecule is C=CC(=O)OC(=C)C1CC(=C)CO1. The van der Waals surface area contributed by atoms with Gasteiger partial charge in [0.2, 0.25) is 0 Å². The smallest absolute Gasteiger partial charge is 0.335 e. The van der Waals surface area contributed by atoms with Crippen LogP contribution in [-0.2, 0) is 14.3 Å². The van der Waals surface area contributed by atoms with Crippen molar-refractivity contribution in [3.8, 4) is 0 Å². The van der Waals surface area contributed by atoms with Crippen LogP contribution in [-0.4, -0.2) is 18.7 Å². The second-order valence-electron chi connectivity index (χ2n) is 2.85. The molecule has 1 atom stereocenters. The van der Waals surface area contributed by atoms with E-state index in [9.17, 15) is 4.79 Å². The van der Waals surface area contributed by atoms with Gasteiger partial charge >= 0.3 is 5.97 Å². The van der Waals surface area contributed by atoms with Gasteiger partial charge in [-0.1, -0.05) is 19.7 Å². The Morgan fingerprint density at radius 2 is 2.38 bits per heavy atom. The van der Waals surface area contributed by atoms with Gasteiger partial charge < -0.3 is 9.47 Å². The maximum atomic E-state index is 10.8. The molecular formula is C10H12O3. The summed E-state index contributed by atoms with van der Waals surface area (Å²) >= 11 is 0. The Balaban J connectivity index is 2.44. The van der Waals surface area contributed by atoms with E-state index in [0.717, 1.165) is 11.6 Å². The van der Waals surface area contributed by atoms with E-state index in [0.29, 0.717) is 18.8 Å². The highest BCUT2D eigenvalue weighted by molar-refractivity contribution is 5.82. The first-order valence-corrected chi connectivity index (χ1v) is 3.94. The number of esters is 1. The number of ether oxygens (including phenoxy) is 2. The van der Waals surface area contributed by atoms with Gasteiger partial charge in [-0.15, -0.1) is 0 Å². The Labute approximate surface area is 77.3 Å². The van der Waals surface area contributed by atoms with Crippen molar-refractivity contribution in [2.75, 3.05) is 6.61 Å². The summed E-state index contributed by atoms with van der Waals surface area (Å²) in [5.41, 5.74) is 0.987. The van der Waals surface area contributed by atoms with Crippen molar-refractivity contribution >= 4 is 5.97 Å². The second-order valence-corrected chi connectivity index (χ2v) is 2.85. The number of hydrogen-bond acceptors (Lipinski definition) is 3. The Kier molecular flexibility index (Phi) is 3.03. The van der Waals surface area contributed by atoms with Crippen LogP contribution in [0.3, 0.4) is 0 Å². The van der Waals surface area contributed by atoms with Crippen molar-refractivity contribution < 1.29 is 14.3 Å². The molecule has 0 N–H and O–H groups in total. The number of carbonyl (C=O) groups excluding carboxylic acids is 1. The molecule has 1 fully saturated rings. The van der Waals surface area contributed by atoms with Crippen LogP contribution in [0.1, 0.15) is 6.42 Å². The zero-order valence-corrected chi connectivity index (χ0v) is 7.41. The molecule has 3 heteroatoms. The van der Waals surface area contributed by atoms with Gasteiger partial charge in [0.15, 0.2) is 0 Å². The van der Waals surface area contributed by atoms with E-state index in [1.807, 2.05) is 0 Å². The Bertz CT molecular complexity index is 265. The quantitative estimate of drug-likeness (QED) is 0.286. The highest BCUT2D eigenvalue weighted by Crippen LogP contribution is 2.22. The molecule has 0 aromatic rings. The Hall–Kier alpha value is -1.35. The van der Waals surface area contributed by atoms with Gasteiger partial charge in [0.25, 0.3) is 0 Å². The van der Waals surface area contributed by atoms with Gasteiger partial charge in [0.1, 0.15) is 11.9 Å². The van der Waals surface area contributed by atoms with Crippen LogP contribution in [0.5, 0.6) is 0 Å². The summed E-state index contributed by atoms with van der Waals surface area (Å²) < 4.78 is 10.1. The van der Waals surface area contributed by atoms with Gasteiger partial charge in [0.05, 0.1) is 6.61 Å². The second kappa shape index (κ2) is 4.05. The minimum absolute atomic E-state index is 0.239. The van der Waals surface area contributed by atoms with E-state index in [2.05, 4.69) is 19.7 Å². The topological polar surface area (TPSA) is 35.5 Å². The summed E-state index contributed by atoms with van der Waals surface area (Å²) in [5, 5.41) is 0. The maximum absolute atomic E-state index is 10.8. The molecule has 0 radical (unpaired) electrons. The summed E-state index contributed by atoms with van der Waals surface area (Å²) in [6.45, 7) is 11.2. The van der Waals surface area contributed by atoms with E-state index in [4.69, 9.17) is 9.47 Å². The molecule has 0 spiro atoms. The molecule has 1 unspecified atom stereocenters. The van der Waals surface area contributed by atoms with E-state index >= 15 is 0 Å². The molecule has 1 heterocycles. The summed E-state index contributed by atoms with van der Waals surface area (Å²) in [6.07, 6.45) is 1.52. The molecule has 0 saturated carbocycles. The molecule has 1 saturated heterocycles. The van der Waals surface area contributed by atoms with E-state index < -0.39 is 5.97 Å². The van der Waals surface area contributed by atoms with Crippen LogP contribution in [0, 0.1) is 0 Å². The average molecular weight is 180 g/mol. The molecule has 3 nitrogen and oxygen atoms in total. The van der Waals surface area contributed by atoms with Gasteiger partial charge in [0, 0.05) is 12.5 Å². The number of rotatable bonds is 3. The summed E-state index contributed by atoms with van der Waals surface area (Å²) in [7, 11) is 0. The lowest BCUT2D eigenvalue weighted by molar-refractivity contribution is -0.135. The van der Waals surface area contributed by atoms with Crippen molar-refractivity contribution in [3.63, 3.8) is 0 Å². The predicted molar refractivity (Wildman–Crippen MR) is 48.9 cm³/mol. The highest BCUT2D eigenvalue weighted by Gasteiger charge is 2.23. The third-order valence-electron chi connectivity index (χ3n) is 1.72. The van der Waals surface area contributed by atoms with Crippen LogP contribution in [0.15, 0.2) is 37.1 Å². The largest absolute Gasteiger partial charge is 0.426 e. The number of hydrogen-bond donors (Lipinski definition) is 0. The molecule has 0 amide bonds. The lowest BCUT2D eigenvalue weighted by Crippen LogP contribution is -2.13. The fraction of sp³-hybridized carbons (Fsp3) is 0.300. The fourth-order valence-electron chi connectivity index (χ4n) is 1.04. The summed E-state index contributed by atoms with van der Waals surface area (Å²) in [4.78, 5) is 10.8. The van der Waals surface area contributed by atoms with Crippen LogP contribution < -0.4 is 0 Å². The van der Waals surface area contributed by atoms with Crippen LogP contribution in [0.25, 0.3) is 0 Å². The van der Waals surface area contributed by atoms with Gasteiger partial charge in [-0.25, -0.2) is 4.79 Å². The van der Waals surface area contributed by atoms with Crippen molar-refractivity contribution in [3.05, 3.63) is 37.1 Å². The van der Waals surface area contributed by atoms with Crippen molar-refractivity contribution in [2.24, 2.45) is 0 Å². The maximum Gasteiger partial charge on any atom is 0.335 e. The van der Waals surface area contributed by atoms with Gasteiger partial charge in [-0.05, 0) is 5.57 Å². The summed E-state index contributed by atoms with van der Waals surface area (Å²) in [5.74, 6) is -0.185. The zero-order chi connectivity index (χ0) is 9.84. The minimum Gasteiger partial charge on any atom is -0.426 e. The molecule has 70 valence electrons. The van der Waals surface area contributed by atoms with E-state index in [-0.39, 0.29) is 6.10 Å². The van der Waals surface area contributed by atoms with Crippen molar-refractivity contribution in [2.45, 2.75) is 12.5 Å². The molecular weight excluding hydrogens is 168 g/mol. The van der Waals surface area contributed by atoms with Crippen LogP contribution in [0.2, 0.25) is 0 Å². The molecule has 0 aromatic carbocycles. The highest BCUT2D eigenvalue weighted by atomic mass is 16.6. The lowest BCUT2D eigenvalue weighted by atomic mass is 10.2. The van der Waals surface area contributed by atoms with Crippen molar-refractivity contribution in [1.82, 2.24) is 0 Å². The van der Waals surface area contributed by atoms with Crippen molar-refractivity contribution in [1.29, 1.82) is 0 Å².